The highest BCUT2D eigenvalue weighted by atomic mass is 32.2. The maximum Gasteiger partial charge on any atom is 0.257 e. The first kappa shape index (κ1) is 11.9. The van der Waals surface area contributed by atoms with Crippen LogP contribution < -0.4 is 5.73 Å². The number of nitrogens with two attached hydrogens (primary N) is 1. The maximum absolute atomic E-state index is 9.96. The van der Waals surface area contributed by atoms with E-state index in [0.29, 0.717) is 12.3 Å². The van der Waals surface area contributed by atoms with Crippen LogP contribution >= 0.6 is 0 Å². The molecule has 0 aliphatic carbocycles. The quantitative estimate of drug-likeness (QED) is 0.472. The van der Waals surface area contributed by atoms with Crippen LogP contribution in [-0.2, 0) is 15.2 Å². The highest BCUT2D eigenvalue weighted by molar-refractivity contribution is 7.67. The van der Waals surface area contributed by atoms with Gasteiger partial charge >= 0.3 is 0 Å². The molecule has 0 aliphatic rings. The zero-order valence-electron chi connectivity index (χ0n) is 7.53. The Morgan fingerprint density at radius 2 is 2.00 bits per heavy atom. The summed E-state index contributed by atoms with van der Waals surface area (Å²) in [7, 11) is -2.69. The van der Waals surface area contributed by atoms with E-state index in [9.17, 15) is 8.42 Å². The minimum atomic E-state index is -2.69. The molecule has 0 heterocycles. The Labute approximate surface area is 75.2 Å². The van der Waals surface area contributed by atoms with Gasteiger partial charge in [-0.3, -0.25) is 4.18 Å². The van der Waals surface area contributed by atoms with Gasteiger partial charge in [0.25, 0.3) is 11.0 Å². The summed E-state index contributed by atoms with van der Waals surface area (Å²) >= 11 is 0. The van der Waals surface area contributed by atoms with E-state index in [1.165, 1.54) is 0 Å². The monoisotopic (exact) mass is 195 g/mol. The predicted octanol–water partition coefficient (Wildman–Crippen LogP) is 0.293. The van der Waals surface area contributed by atoms with Gasteiger partial charge in [0.1, 0.15) is 0 Å². The van der Waals surface area contributed by atoms with Crippen molar-refractivity contribution < 1.29 is 12.6 Å². The van der Waals surface area contributed by atoms with Gasteiger partial charge in [-0.1, -0.05) is 13.8 Å². The number of hydrogen-bond acceptors (Lipinski definition) is 4. The summed E-state index contributed by atoms with van der Waals surface area (Å²) in [5.41, 5.74) is 5.73. The molecule has 0 radical (unpaired) electrons. The van der Waals surface area contributed by atoms with Crippen LogP contribution in [0.3, 0.4) is 0 Å². The summed E-state index contributed by atoms with van der Waals surface area (Å²) in [6.07, 6.45) is 1.50. The van der Waals surface area contributed by atoms with E-state index in [-0.39, 0.29) is 12.6 Å². The fourth-order valence-corrected chi connectivity index (χ4v) is 1.07. The van der Waals surface area contributed by atoms with Crippen LogP contribution in [0, 0.1) is 5.92 Å². The molecular formula is C7H17NO3S. The molecule has 4 nitrogen and oxygen atoms in total. The Hall–Kier alpha value is -0.130. The zero-order valence-corrected chi connectivity index (χ0v) is 8.42. The van der Waals surface area contributed by atoms with Gasteiger partial charge in [0.2, 0.25) is 0 Å². The third-order valence-electron chi connectivity index (χ3n) is 1.73. The van der Waals surface area contributed by atoms with Gasteiger partial charge in [-0.15, -0.1) is 0 Å². The first-order chi connectivity index (χ1) is 5.54. The van der Waals surface area contributed by atoms with Crippen molar-refractivity contribution in [3.05, 3.63) is 0 Å². The molecular weight excluding hydrogens is 178 g/mol. The summed E-state index contributed by atoms with van der Waals surface area (Å²) in [5, 5.41) is 0. The largest absolute Gasteiger partial charge is 0.327 e. The van der Waals surface area contributed by atoms with E-state index >= 15 is 0 Å². The summed E-state index contributed by atoms with van der Waals surface area (Å²) in [6, 6.07) is 0.137. The molecule has 0 rings (SSSR count). The van der Waals surface area contributed by atoms with Gasteiger partial charge in [-0.05, 0) is 18.8 Å². The third kappa shape index (κ3) is 6.57. The lowest BCUT2D eigenvalue weighted by molar-refractivity contribution is 0.308. The highest BCUT2D eigenvalue weighted by Gasteiger charge is 2.06. The fourth-order valence-electron chi connectivity index (χ4n) is 0.791. The van der Waals surface area contributed by atoms with E-state index in [0.717, 1.165) is 6.42 Å². The van der Waals surface area contributed by atoms with E-state index in [1.807, 2.05) is 13.8 Å². The van der Waals surface area contributed by atoms with Crippen LogP contribution in [0.15, 0.2) is 0 Å². The molecule has 74 valence electrons. The van der Waals surface area contributed by atoms with E-state index < -0.39 is 11.0 Å². The fraction of sp³-hybridized carbons (Fsp3) is 1.00. The van der Waals surface area contributed by atoms with Crippen LogP contribution in [0.4, 0.5) is 0 Å². The lowest BCUT2D eigenvalue weighted by atomic mass is 10.0. The molecule has 0 amide bonds. The normalized spacial score (nSPS) is 14.1. The molecule has 0 aromatic heterocycles. The molecule has 0 aliphatic heterocycles. The van der Waals surface area contributed by atoms with Gasteiger partial charge < -0.3 is 5.73 Å². The van der Waals surface area contributed by atoms with Crippen molar-refractivity contribution in [2.45, 2.75) is 32.7 Å². The summed E-state index contributed by atoms with van der Waals surface area (Å²) in [4.78, 5) is 0. The van der Waals surface area contributed by atoms with Crippen molar-refractivity contribution in [2.75, 3.05) is 6.61 Å². The molecule has 0 fully saturated rings. The molecule has 0 spiro atoms. The second-order valence-electron chi connectivity index (χ2n) is 3.11. The van der Waals surface area contributed by atoms with Crippen LogP contribution in [0.5, 0.6) is 0 Å². The van der Waals surface area contributed by atoms with Crippen LogP contribution in [0.2, 0.25) is 0 Å². The number of rotatable bonds is 6. The minimum absolute atomic E-state index is 0.137. The zero-order chi connectivity index (χ0) is 9.56. The molecule has 2 N–H and O–H groups in total. The standard InChI is InChI=1S/C7H17NO3S/c1-6(2)7(8)4-3-5-11-12(9)10/h6-7,12H,3-5,8H2,1-2H3. The predicted molar refractivity (Wildman–Crippen MR) is 48.3 cm³/mol. The van der Waals surface area contributed by atoms with Crippen molar-refractivity contribution in [1.82, 2.24) is 0 Å². The van der Waals surface area contributed by atoms with Gasteiger partial charge in [0.15, 0.2) is 0 Å². The van der Waals surface area contributed by atoms with Crippen molar-refractivity contribution in [3.8, 4) is 0 Å². The summed E-state index contributed by atoms with van der Waals surface area (Å²) in [5.74, 6) is 0.436. The Morgan fingerprint density at radius 1 is 1.42 bits per heavy atom. The van der Waals surface area contributed by atoms with E-state index in [2.05, 4.69) is 4.18 Å². The summed E-state index contributed by atoms with van der Waals surface area (Å²) in [6.45, 7) is 4.33. The Balaban J connectivity index is 3.31. The lowest BCUT2D eigenvalue weighted by Gasteiger charge is -2.14. The topological polar surface area (TPSA) is 69.4 Å². The average molecular weight is 195 g/mol. The molecule has 12 heavy (non-hydrogen) atoms. The number of hydrogen-bond donors (Lipinski definition) is 2. The first-order valence-corrected chi connectivity index (χ1v) is 5.16. The lowest BCUT2D eigenvalue weighted by Crippen LogP contribution is -2.26. The Kier molecular flexibility index (Phi) is 6.32. The van der Waals surface area contributed by atoms with Gasteiger partial charge in [-0.2, -0.15) is 0 Å². The number of thiol groups is 1. The first-order valence-electron chi connectivity index (χ1n) is 4.07. The van der Waals surface area contributed by atoms with E-state index in [4.69, 9.17) is 5.73 Å². The molecule has 0 aromatic rings. The molecule has 0 bridgehead atoms. The van der Waals surface area contributed by atoms with E-state index in [1.54, 1.807) is 0 Å². The van der Waals surface area contributed by atoms with Crippen LogP contribution in [0.25, 0.3) is 0 Å². The van der Waals surface area contributed by atoms with Gasteiger partial charge in [-0.25, -0.2) is 8.42 Å². The third-order valence-corrected chi connectivity index (χ3v) is 2.13. The molecule has 0 saturated heterocycles. The van der Waals surface area contributed by atoms with Crippen molar-refractivity contribution in [3.63, 3.8) is 0 Å². The second kappa shape index (κ2) is 6.39. The van der Waals surface area contributed by atoms with Gasteiger partial charge in [0, 0.05) is 6.04 Å². The second-order valence-corrected chi connectivity index (χ2v) is 3.81. The molecule has 1 unspecified atom stereocenters. The van der Waals surface area contributed by atoms with Crippen molar-refractivity contribution in [1.29, 1.82) is 0 Å². The average Bonchev–Trinajstić information content (AvgIpc) is 1.97. The Morgan fingerprint density at radius 3 is 2.42 bits per heavy atom. The molecule has 5 heteroatoms. The SMILES string of the molecule is CC(C)C(N)CCCO[SH](=O)=O. The molecule has 0 aromatic carbocycles. The van der Waals surface area contributed by atoms with Crippen molar-refractivity contribution in [2.24, 2.45) is 11.7 Å². The maximum atomic E-state index is 9.96. The Bertz CT molecular complexity index is 171. The van der Waals surface area contributed by atoms with Gasteiger partial charge in [0.05, 0.1) is 6.61 Å². The smallest absolute Gasteiger partial charge is 0.257 e. The minimum Gasteiger partial charge on any atom is -0.327 e. The molecule has 0 saturated carbocycles. The molecule has 1 atom stereocenters. The van der Waals surface area contributed by atoms with Crippen molar-refractivity contribution >= 4 is 11.0 Å². The summed E-state index contributed by atoms with van der Waals surface area (Å²) < 4.78 is 24.3. The highest BCUT2D eigenvalue weighted by Crippen LogP contribution is 2.05. The van der Waals surface area contributed by atoms with Crippen LogP contribution in [-0.4, -0.2) is 21.1 Å². The van der Waals surface area contributed by atoms with Crippen LogP contribution in [0.1, 0.15) is 26.7 Å².